The first-order valence-corrected chi connectivity index (χ1v) is 9.41. The number of fused-ring (bicyclic) bond motifs is 1. The van der Waals surface area contributed by atoms with Crippen LogP contribution in [-0.4, -0.2) is 54.4 Å². The molecule has 146 valence electrons. The highest BCUT2D eigenvalue weighted by atomic mass is 19.1. The Bertz CT molecular complexity index is 885. The second-order valence-electron chi connectivity index (χ2n) is 7.10. The Balaban J connectivity index is 1.40. The van der Waals surface area contributed by atoms with Gasteiger partial charge in [-0.3, -0.25) is 14.5 Å². The number of benzene rings is 2. The zero-order valence-electron chi connectivity index (χ0n) is 15.5. The molecule has 1 N–H and O–H groups in total. The average molecular weight is 383 g/mol. The molecular formula is C21H22FN3O3. The van der Waals surface area contributed by atoms with Gasteiger partial charge in [0.05, 0.1) is 5.69 Å². The van der Waals surface area contributed by atoms with Crippen molar-refractivity contribution in [2.24, 2.45) is 0 Å². The monoisotopic (exact) mass is 383 g/mol. The topological polar surface area (TPSA) is 61.9 Å². The molecule has 0 aromatic heterocycles. The number of anilines is 1. The van der Waals surface area contributed by atoms with Crippen molar-refractivity contribution in [3.05, 3.63) is 59.4 Å². The maximum atomic E-state index is 13.1. The number of nitrogens with zero attached hydrogens (tertiary/aromatic N) is 2. The zero-order chi connectivity index (χ0) is 19.5. The van der Waals surface area contributed by atoms with Crippen molar-refractivity contribution in [2.75, 3.05) is 38.1 Å². The molecule has 2 aromatic rings. The van der Waals surface area contributed by atoms with Crippen LogP contribution in [0.4, 0.5) is 10.1 Å². The number of carbonyl (C=O) groups is 2. The number of nitrogens with one attached hydrogen (secondary N) is 1. The molecule has 0 spiro atoms. The zero-order valence-corrected chi connectivity index (χ0v) is 15.5. The van der Waals surface area contributed by atoms with Crippen LogP contribution in [0.2, 0.25) is 0 Å². The molecule has 4 rings (SSSR count). The van der Waals surface area contributed by atoms with Crippen LogP contribution in [0.25, 0.3) is 0 Å². The Morgan fingerprint density at radius 3 is 2.71 bits per heavy atom. The minimum atomic E-state index is -0.233. The lowest BCUT2D eigenvalue weighted by molar-refractivity contribution is -0.118. The third-order valence-electron chi connectivity index (χ3n) is 5.05. The van der Waals surface area contributed by atoms with E-state index < -0.39 is 0 Å². The molecule has 0 aliphatic carbocycles. The summed E-state index contributed by atoms with van der Waals surface area (Å²) < 4.78 is 18.4. The van der Waals surface area contributed by atoms with Crippen LogP contribution in [0.1, 0.15) is 22.3 Å². The van der Waals surface area contributed by atoms with Gasteiger partial charge in [-0.25, -0.2) is 4.39 Å². The minimum absolute atomic E-state index is 0.00366. The van der Waals surface area contributed by atoms with E-state index in [4.69, 9.17) is 4.74 Å². The largest absolute Gasteiger partial charge is 0.482 e. The predicted molar refractivity (Wildman–Crippen MR) is 103 cm³/mol. The minimum Gasteiger partial charge on any atom is -0.482 e. The van der Waals surface area contributed by atoms with E-state index in [2.05, 4.69) is 10.2 Å². The highest BCUT2D eigenvalue weighted by Gasteiger charge is 2.23. The summed E-state index contributed by atoms with van der Waals surface area (Å²) in [7, 11) is 0. The lowest BCUT2D eigenvalue weighted by Gasteiger charge is -2.23. The van der Waals surface area contributed by atoms with Gasteiger partial charge in [0.2, 0.25) is 0 Å². The van der Waals surface area contributed by atoms with E-state index in [-0.39, 0.29) is 24.2 Å². The van der Waals surface area contributed by atoms with Crippen molar-refractivity contribution < 1.29 is 18.7 Å². The summed E-state index contributed by atoms with van der Waals surface area (Å²) in [6, 6.07) is 11.7. The molecule has 0 saturated carbocycles. The third-order valence-corrected chi connectivity index (χ3v) is 5.05. The molecule has 2 aliphatic rings. The fourth-order valence-corrected chi connectivity index (χ4v) is 3.58. The molecule has 2 amide bonds. The lowest BCUT2D eigenvalue weighted by Crippen LogP contribution is -2.35. The van der Waals surface area contributed by atoms with Gasteiger partial charge < -0.3 is 15.0 Å². The first kappa shape index (κ1) is 18.4. The van der Waals surface area contributed by atoms with Crippen LogP contribution in [0.5, 0.6) is 5.75 Å². The summed E-state index contributed by atoms with van der Waals surface area (Å²) in [5, 5.41) is 2.74. The van der Waals surface area contributed by atoms with Crippen LogP contribution < -0.4 is 10.1 Å². The van der Waals surface area contributed by atoms with E-state index in [1.165, 1.54) is 12.1 Å². The normalized spacial score (nSPS) is 17.3. The standard InChI is InChI=1S/C21H22FN3O3/c22-17-5-2-15(3-6-17)13-24-8-1-9-25(11-10-24)21(27)16-4-7-19-18(12-16)23-20(26)14-28-19/h2-7,12H,1,8-11,13-14H2,(H,23,26). The van der Waals surface area contributed by atoms with Crippen LogP contribution >= 0.6 is 0 Å². The molecule has 2 aliphatic heterocycles. The smallest absolute Gasteiger partial charge is 0.262 e. The maximum Gasteiger partial charge on any atom is 0.262 e. The van der Waals surface area contributed by atoms with Gasteiger partial charge in [-0.15, -0.1) is 0 Å². The SMILES string of the molecule is O=C1COc2ccc(C(=O)N3CCCN(Cc4ccc(F)cc4)CC3)cc2N1. The maximum absolute atomic E-state index is 13.1. The molecule has 0 bridgehead atoms. The first-order chi connectivity index (χ1) is 13.6. The fraction of sp³-hybridized carbons (Fsp3) is 0.333. The van der Waals surface area contributed by atoms with Crippen LogP contribution in [-0.2, 0) is 11.3 Å². The summed E-state index contributed by atoms with van der Waals surface area (Å²) in [6.07, 6.45) is 0.873. The fourth-order valence-electron chi connectivity index (χ4n) is 3.58. The molecular weight excluding hydrogens is 361 g/mol. The van der Waals surface area contributed by atoms with E-state index in [1.54, 1.807) is 30.3 Å². The Kier molecular flexibility index (Phi) is 5.25. The molecule has 7 heteroatoms. The molecule has 1 fully saturated rings. The van der Waals surface area contributed by atoms with Crippen molar-refractivity contribution in [3.8, 4) is 5.75 Å². The van der Waals surface area contributed by atoms with Gasteiger partial charge in [-0.1, -0.05) is 12.1 Å². The van der Waals surface area contributed by atoms with Gasteiger partial charge in [0.15, 0.2) is 6.61 Å². The highest BCUT2D eigenvalue weighted by molar-refractivity contribution is 5.99. The summed E-state index contributed by atoms with van der Waals surface area (Å²) in [6.45, 7) is 3.68. The number of hydrogen-bond donors (Lipinski definition) is 1. The summed E-state index contributed by atoms with van der Waals surface area (Å²) in [5.74, 6) is 0.0788. The molecule has 0 atom stereocenters. The molecule has 2 aromatic carbocycles. The molecule has 2 heterocycles. The van der Waals surface area contributed by atoms with Crippen molar-refractivity contribution in [2.45, 2.75) is 13.0 Å². The van der Waals surface area contributed by atoms with Gasteiger partial charge in [-0.2, -0.15) is 0 Å². The number of ether oxygens (including phenoxy) is 1. The van der Waals surface area contributed by atoms with Crippen LogP contribution in [0.15, 0.2) is 42.5 Å². The van der Waals surface area contributed by atoms with Crippen molar-refractivity contribution in [3.63, 3.8) is 0 Å². The van der Waals surface area contributed by atoms with Gasteiger partial charge in [-0.05, 0) is 42.3 Å². The molecule has 0 unspecified atom stereocenters. The second kappa shape index (κ2) is 7.98. The summed E-state index contributed by atoms with van der Waals surface area (Å²) in [4.78, 5) is 28.6. The lowest BCUT2D eigenvalue weighted by atomic mass is 10.1. The van der Waals surface area contributed by atoms with E-state index in [0.717, 1.165) is 31.6 Å². The van der Waals surface area contributed by atoms with Gasteiger partial charge in [0.25, 0.3) is 11.8 Å². The third kappa shape index (κ3) is 4.14. The first-order valence-electron chi connectivity index (χ1n) is 9.41. The second-order valence-corrected chi connectivity index (χ2v) is 7.10. The Labute approximate surface area is 162 Å². The number of rotatable bonds is 3. The van der Waals surface area contributed by atoms with E-state index in [1.807, 2.05) is 4.90 Å². The van der Waals surface area contributed by atoms with Crippen molar-refractivity contribution in [1.29, 1.82) is 0 Å². The summed E-state index contributed by atoms with van der Waals surface area (Å²) in [5.41, 5.74) is 2.14. The van der Waals surface area contributed by atoms with Crippen LogP contribution in [0, 0.1) is 5.82 Å². The Morgan fingerprint density at radius 1 is 1.07 bits per heavy atom. The van der Waals surface area contributed by atoms with Gasteiger partial charge in [0, 0.05) is 38.3 Å². The average Bonchev–Trinajstić information content (AvgIpc) is 2.94. The highest BCUT2D eigenvalue weighted by Crippen LogP contribution is 2.29. The quantitative estimate of drug-likeness (QED) is 0.885. The van der Waals surface area contributed by atoms with E-state index in [0.29, 0.717) is 30.1 Å². The Morgan fingerprint density at radius 2 is 1.89 bits per heavy atom. The van der Waals surface area contributed by atoms with Gasteiger partial charge in [0.1, 0.15) is 11.6 Å². The molecule has 1 saturated heterocycles. The molecule has 6 nitrogen and oxygen atoms in total. The molecule has 0 radical (unpaired) electrons. The number of hydrogen-bond acceptors (Lipinski definition) is 4. The predicted octanol–water partition coefficient (Wildman–Crippen LogP) is 2.50. The van der Waals surface area contributed by atoms with Crippen molar-refractivity contribution in [1.82, 2.24) is 9.80 Å². The van der Waals surface area contributed by atoms with E-state index >= 15 is 0 Å². The molecule has 28 heavy (non-hydrogen) atoms. The van der Waals surface area contributed by atoms with E-state index in [9.17, 15) is 14.0 Å². The number of halogens is 1. The Hall–Kier alpha value is -2.93. The van der Waals surface area contributed by atoms with Crippen molar-refractivity contribution >= 4 is 17.5 Å². The van der Waals surface area contributed by atoms with Crippen LogP contribution in [0.3, 0.4) is 0 Å². The van der Waals surface area contributed by atoms with Gasteiger partial charge >= 0.3 is 0 Å². The number of carbonyl (C=O) groups excluding carboxylic acids is 2. The number of amides is 2. The summed E-state index contributed by atoms with van der Waals surface area (Å²) >= 11 is 0.